The first-order valence-electron chi connectivity index (χ1n) is 12.5. The number of carbonyl (C=O) groups is 1. The smallest absolute Gasteiger partial charge is 0.407 e. The summed E-state index contributed by atoms with van der Waals surface area (Å²) in [4.78, 5) is 15.3. The minimum Gasteiger partial charge on any atom is -0.445 e. The topological polar surface area (TPSA) is 41.6 Å². The quantitative estimate of drug-likeness (QED) is 0.587. The van der Waals surface area contributed by atoms with Gasteiger partial charge in [-0.1, -0.05) is 75.4 Å². The molecule has 2 aromatic rings. The van der Waals surface area contributed by atoms with Gasteiger partial charge >= 0.3 is 6.09 Å². The Bertz CT molecular complexity index is 1030. The van der Waals surface area contributed by atoms with Gasteiger partial charge in [0.15, 0.2) is 0 Å². The summed E-state index contributed by atoms with van der Waals surface area (Å²) in [5, 5.41) is 3.22. The Morgan fingerprint density at radius 3 is 2.45 bits per heavy atom. The van der Waals surface area contributed by atoms with Crippen LogP contribution >= 0.6 is 0 Å². The van der Waals surface area contributed by atoms with Crippen LogP contribution in [0.15, 0.2) is 42.5 Å². The molecule has 4 nitrogen and oxygen atoms in total. The number of amides is 1. The molecule has 1 aliphatic carbocycles. The van der Waals surface area contributed by atoms with Gasteiger partial charge in [0.2, 0.25) is 0 Å². The summed E-state index contributed by atoms with van der Waals surface area (Å²) in [6.07, 6.45) is 8.42. The van der Waals surface area contributed by atoms with Crippen molar-refractivity contribution in [2.45, 2.75) is 58.6 Å². The van der Waals surface area contributed by atoms with Crippen molar-refractivity contribution in [1.29, 1.82) is 0 Å². The molecule has 1 N–H and O–H groups in total. The molecule has 0 spiro atoms. The van der Waals surface area contributed by atoms with Crippen LogP contribution in [-0.4, -0.2) is 36.7 Å². The first-order valence-corrected chi connectivity index (χ1v) is 12.5. The molecule has 0 radical (unpaired) electrons. The molecule has 6 rings (SSSR count). The van der Waals surface area contributed by atoms with Crippen LogP contribution < -0.4 is 5.32 Å². The van der Waals surface area contributed by atoms with Gasteiger partial charge in [-0.25, -0.2) is 4.79 Å². The molecule has 33 heavy (non-hydrogen) atoms. The van der Waals surface area contributed by atoms with Gasteiger partial charge in [-0.3, -0.25) is 4.90 Å². The van der Waals surface area contributed by atoms with E-state index in [4.69, 9.17) is 4.74 Å². The molecule has 3 saturated heterocycles. The molecule has 2 aromatic carbocycles. The van der Waals surface area contributed by atoms with Crippen molar-refractivity contribution in [1.82, 2.24) is 10.2 Å². The Hall–Kier alpha value is -2.59. The standard InChI is InChI=1S/C29H36N2O2/c1-4-20-5-7-21(8-6-20)9-10-22-11-12-25-24(17-22)18-29(2,3)27(25)30-28(32)33-26-19-31-15-13-23(26)14-16-31/h5-12,17,23,26-27H,4,13-16,18-19H2,1-3H3,(H,30,32)/b10-9+/t26-,27?/m1/s1. The largest absolute Gasteiger partial charge is 0.445 e. The number of hydrogen-bond acceptors (Lipinski definition) is 3. The van der Waals surface area contributed by atoms with Crippen molar-refractivity contribution < 1.29 is 9.53 Å². The van der Waals surface area contributed by atoms with Gasteiger partial charge in [-0.05, 0) is 77.9 Å². The molecule has 0 saturated carbocycles. The highest BCUT2D eigenvalue weighted by atomic mass is 16.6. The summed E-state index contributed by atoms with van der Waals surface area (Å²) in [7, 11) is 0. The number of alkyl carbamates (subject to hydrolysis) is 1. The molecule has 3 aliphatic heterocycles. The van der Waals surface area contributed by atoms with Crippen LogP contribution in [-0.2, 0) is 17.6 Å². The number of carbonyl (C=O) groups excluding carboxylic acids is 1. The number of aryl methyl sites for hydroxylation is 1. The van der Waals surface area contributed by atoms with Crippen molar-refractivity contribution in [3.63, 3.8) is 0 Å². The van der Waals surface area contributed by atoms with Crippen molar-refractivity contribution >= 4 is 18.2 Å². The summed E-state index contributed by atoms with van der Waals surface area (Å²) >= 11 is 0. The van der Waals surface area contributed by atoms with Crippen LogP contribution in [0.25, 0.3) is 12.2 Å². The van der Waals surface area contributed by atoms with E-state index >= 15 is 0 Å². The highest BCUT2D eigenvalue weighted by Gasteiger charge is 2.41. The molecule has 1 unspecified atom stereocenters. The van der Waals surface area contributed by atoms with Gasteiger partial charge in [-0.2, -0.15) is 0 Å². The average Bonchev–Trinajstić information content (AvgIpc) is 3.07. The predicted octanol–water partition coefficient (Wildman–Crippen LogP) is 5.86. The maximum absolute atomic E-state index is 12.9. The van der Waals surface area contributed by atoms with Crippen LogP contribution in [0.4, 0.5) is 4.79 Å². The molecule has 4 heteroatoms. The lowest BCUT2D eigenvalue weighted by molar-refractivity contribution is -0.0348. The Kier molecular flexibility index (Phi) is 6.05. The lowest BCUT2D eigenvalue weighted by atomic mass is 9.85. The maximum atomic E-state index is 12.9. The van der Waals surface area contributed by atoms with E-state index in [0.29, 0.717) is 5.92 Å². The summed E-state index contributed by atoms with van der Waals surface area (Å²) in [6, 6.07) is 15.3. The van der Waals surface area contributed by atoms with Crippen molar-refractivity contribution in [3.8, 4) is 0 Å². The Labute approximate surface area is 198 Å². The fourth-order valence-electron chi connectivity index (χ4n) is 5.84. The van der Waals surface area contributed by atoms with Crippen molar-refractivity contribution in [3.05, 3.63) is 70.3 Å². The fourth-order valence-corrected chi connectivity index (χ4v) is 5.84. The molecule has 3 fully saturated rings. The van der Waals surface area contributed by atoms with E-state index in [2.05, 4.69) is 85.6 Å². The van der Waals surface area contributed by atoms with E-state index < -0.39 is 0 Å². The monoisotopic (exact) mass is 444 g/mol. The number of benzene rings is 2. The van der Waals surface area contributed by atoms with Crippen LogP contribution in [0, 0.1) is 11.3 Å². The molecular formula is C29H36N2O2. The molecule has 2 bridgehead atoms. The summed E-state index contributed by atoms with van der Waals surface area (Å²) in [6.45, 7) is 9.83. The van der Waals surface area contributed by atoms with Gasteiger partial charge < -0.3 is 10.1 Å². The van der Waals surface area contributed by atoms with Gasteiger partial charge in [0.25, 0.3) is 0 Å². The number of nitrogens with zero attached hydrogens (tertiary/aromatic N) is 1. The van der Waals surface area contributed by atoms with E-state index in [1.807, 2.05) is 0 Å². The molecule has 2 atom stereocenters. The first-order chi connectivity index (χ1) is 15.9. The number of piperidine rings is 3. The summed E-state index contributed by atoms with van der Waals surface area (Å²) in [5.41, 5.74) is 6.25. The minimum absolute atomic E-state index is 0.0271. The van der Waals surface area contributed by atoms with Crippen LogP contribution in [0.1, 0.15) is 67.5 Å². The van der Waals surface area contributed by atoms with Crippen molar-refractivity contribution in [2.24, 2.45) is 11.3 Å². The molecule has 4 aliphatic rings. The Morgan fingerprint density at radius 2 is 1.79 bits per heavy atom. The maximum Gasteiger partial charge on any atom is 0.407 e. The van der Waals surface area contributed by atoms with Gasteiger partial charge in [0, 0.05) is 6.54 Å². The normalized spacial score (nSPS) is 27.5. The van der Waals surface area contributed by atoms with Crippen LogP contribution in [0.2, 0.25) is 0 Å². The van der Waals surface area contributed by atoms with Gasteiger partial charge in [0.05, 0.1) is 6.04 Å². The fraction of sp³-hybridized carbons (Fsp3) is 0.483. The zero-order valence-corrected chi connectivity index (χ0v) is 20.1. The summed E-state index contributed by atoms with van der Waals surface area (Å²) in [5.74, 6) is 0.525. The average molecular weight is 445 g/mol. The van der Waals surface area contributed by atoms with E-state index in [1.54, 1.807) is 0 Å². The molecule has 3 heterocycles. The number of nitrogens with one attached hydrogen (secondary N) is 1. The van der Waals surface area contributed by atoms with E-state index in [-0.39, 0.29) is 23.7 Å². The number of hydrogen-bond donors (Lipinski definition) is 1. The van der Waals surface area contributed by atoms with Gasteiger partial charge in [0.1, 0.15) is 6.10 Å². The first kappa shape index (κ1) is 22.2. The molecule has 0 aromatic heterocycles. The number of fused-ring (bicyclic) bond motifs is 4. The lowest BCUT2D eigenvalue weighted by Gasteiger charge is -2.44. The Morgan fingerprint density at radius 1 is 1.09 bits per heavy atom. The second kappa shape index (κ2) is 8.98. The zero-order chi connectivity index (χ0) is 23.0. The molecule has 1 amide bonds. The van der Waals surface area contributed by atoms with E-state index in [0.717, 1.165) is 45.3 Å². The molecular weight excluding hydrogens is 408 g/mol. The van der Waals surface area contributed by atoms with Gasteiger partial charge in [-0.15, -0.1) is 0 Å². The third kappa shape index (κ3) is 4.72. The second-order valence-electron chi connectivity index (χ2n) is 10.7. The third-order valence-electron chi connectivity index (χ3n) is 7.88. The van der Waals surface area contributed by atoms with E-state index in [1.165, 1.54) is 27.8 Å². The third-order valence-corrected chi connectivity index (χ3v) is 7.88. The molecule has 174 valence electrons. The predicted molar refractivity (Wildman–Crippen MR) is 134 cm³/mol. The van der Waals surface area contributed by atoms with Crippen LogP contribution in [0.5, 0.6) is 0 Å². The van der Waals surface area contributed by atoms with E-state index in [9.17, 15) is 4.79 Å². The Balaban J connectivity index is 1.26. The summed E-state index contributed by atoms with van der Waals surface area (Å²) < 4.78 is 5.92. The highest BCUT2D eigenvalue weighted by Crippen LogP contribution is 2.45. The SMILES string of the molecule is CCc1ccc(/C=C/c2ccc3c(c2)CC(C)(C)C3NC(=O)O[C@@H]2CN3CCC2CC3)cc1. The number of ether oxygens (including phenoxy) is 1. The highest BCUT2D eigenvalue weighted by molar-refractivity contribution is 5.71. The van der Waals surface area contributed by atoms with Crippen LogP contribution in [0.3, 0.4) is 0 Å². The second-order valence-corrected chi connectivity index (χ2v) is 10.7. The van der Waals surface area contributed by atoms with Crippen molar-refractivity contribution in [2.75, 3.05) is 19.6 Å². The number of rotatable bonds is 5. The zero-order valence-electron chi connectivity index (χ0n) is 20.1. The minimum atomic E-state index is -0.265. The lowest BCUT2D eigenvalue weighted by Crippen LogP contribution is -2.53.